The quantitative estimate of drug-likeness (QED) is 0.776. The average molecular weight is 330 g/mol. The second-order valence-electron chi connectivity index (χ2n) is 6.31. The third-order valence-corrected chi connectivity index (χ3v) is 4.74. The number of carbonyl (C=O) groups excluding carboxylic acids is 1. The number of fused-ring (bicyclic) bond motifs is 1. The second kappa shape index (κ2) is 5.47. The highest BCUT2D eigenvalue weighted by molar-refractivity contribution is 5.98. The summed E-state index contributed by atoms with van der Waals surface area (Å²) in [5, 5.41) is 0. The highest BCUT2D eigenvalue weighted by atomic mass is 19.4. The highest BCUT2D eigenvalue weighted by Gasteiger charge is 2.40. The Balaban J connectivity index is 2.04. The van der Waals surface area contributed by atoms with Crippen molar-refractivity contribution in [2.24, 2.45) is 0 Å². The maximum absolute atomic E-state index is 13.4. The normalized spacial score (nSPS) is 23.5. The number of rotatable bonds is 2. The molecule has 0 radical (unpaired) electrons. The van der Waals surface area contributed by atoms with Crippen LogP contribution in [0.3, 0.4) is 0 Å². The van der Waals surface area contributed by atoms with Crippen molar-refractivity contribution in [2.45, 2.75) is 38.3 Å². The van der Waals surface area contributed by atoms with E-state index in [1.807, 2.05) is 4.90 Å². The number of amides is 1. The van der Waals surface area contributed by atoms with E-state index in [-0.39, 0.29) is 30.3 Å². The number of hydrogen-bond donors (Lipinski definition) is 0. The van der Waals surface area contributed by atoms with Crippen LogP contribution in [0, 0.1) is 0 Å². The summed E-state index contributed by atoms with van der Waals surface area (Å²) in [4.78, 5) is 15.2. The molecule has 2 aliphatic rings. The van der Waals surface area contributed by atoms with E-state index in [1.54, 1.807) is 6.92 Å². The van der Waals surface area contributed by atoms with Crippen molar-refractivity contribution in [1.82, 2.24) is 9.80 Å². The molecule has 0 aromatic heterocycles. The van der Waals surface area contributed by atoms with Gasteiger partial charge in [-0.1, -0.05) is 0 Å². The average Bonchev–Trinajstić information content (AvgIpc) is 3.01. The van der Waals surface area contributed by atoms with Crippen molar-refractivity contribution >= 4 is 5.91 Å². The lowest BCUT2D eigenvalue weighted by Crippen LogP contribution is -2.25. The SMILES string of the molecule is CC(c1cc2c(c(C(F)(F)F)c1)CN(C)C2=O)N1CCC(F)C1. The van der Waals surface area contributed by atoms with Crippen LogP contribution in [0.15, 0.2) is 12.1 Å². The van der Waals surface area contributed by atoms with E-state index < -0.39 is 23.8 Å². The number of nitrogens with zero attached hydrogens (tertiary/aromatic N) is 2. The van der Waals surface area contributed by atoms with E-state index in [4.69, 9.17) is 0 Å². The van der Waals surface area contributed by atoms with E-state index in [1.165, 1.54) is 18.0 Å². The van der Waals surface area contributed by atoms with Gasteiger partial charge in [0.15, 0.2) is 0 Å². The van der Waals surface area contributed by atoms with Crippen LogP contribution in [0.4, 0.5) is 17.6 Å². The van der Waals surface area contributed by atoms with Crippen molar-refractivity contribution in [1.29, 1.82) is 0 Å². The zero-order chi connectivity index (χ0) is 16.9. The molecule has 0 aliphatic carbocycles. The first kappa shape index (κ1) is 16.2. The predicted molar refractivity (Wildman–Crippen MR) is 76.7 cm³/mol. The molecule has 3 rings (SSSR count). The van der Waals surface area contributed by atoms with E-state index in [2.05, 4.69) is 0 Å². The molecule has 2 heterocycles. The zero-order valence-electron chi connectivity index (χ0n) is 13.0. The van der Waals surface area contributed by atoms with Crippen molar-refractivity contribution in [3.63, 3.8) is 0 Å². The molecular weight excluding hydrogens is 312 g/mol. The highest BCUT2D eigenvalue weighted by Crippen LogP contribution is 2.39. The largest absolute Gasteiger partial charge is 0.416 e. The Hall–Kier alpha value is -1.63. The van der Waals surface area contributed by atoms with Gasteiger partial charge in [0.2, 0.25) is 0 Å². The minimum absolute atomic E-state index is 0.0331. The lowest BCUT2D eigenvalue weighted by molar-refractivity contribution is -0.138. The first-order chi connectivity index (χ1) is 10.7. The van der Waals surface area contributed by atoms with Crippen LogP contribution in [-0.2, 0) is 12.7 Å². The number of halogens is 4. The van der Waals surface area contributed by atoms with Crippen LogP contribution >= 0.6 is 0 Å². The van der Waals surface area contributed by atoms with E-state index in [0.717, 1.165) is 6.07 Å². The summed E-state index contributed by atoms with van der Waals surface area (Å²) in [6, 6.07) is 2.29. The third-order valence-electron chi connectivity index (χ3n) is 4.74. The van der Waals surface area contributed by atoms with E-state index in [0.29, 0.717) is 18.5 Å². The molecule has 7 heteroatoms. The Bertz CT molecular complexity index is 644. The van der Waals surface area contributed by atoms with Gasteiger partial charge in [-0.3, -0.25) is 9.69 Å². The topological polar surface area (TPSA) is 23.6 Å². The van der Waals surface area contributed by atoms with Crippen molar-refractivity contribution in [2.75, 3.05) is 20.1 Å². The summed E-state index contributed by atoms with van der Waals surface area (Å²) in [6.45, 7) is 2.44. The van der Waals surface area contributed by atoms with Crippen LogP contribution in [0.1, 0.15) is 46.4 Å². The summed E-state index contributed by atoms with van der Waals surface area (Å²) >= 11 is 0. The molecule has 2 aliphatic heterocycles. The molecular formula is C16H18F4N2O. The maximum Gasteiger partial charge on any atom is 0.416 e. The van der Waals surface area contributed by atoms with Gasteiger partial charge in [0, 0.05) is 38.3 Å². The first-order valence-electron chi connectivity index (χ1n) is 7.56. The van der Waals surface area contributed by atoms with Gasteiger partial charge in [-0.15, -0.1) is 0 Å². The van der Waals surface area contributed by atoms with Crippen LogP contribution in [0.25, 0.3) is 0 Å². The van der Waals surface area contributed by atoms with Gasteiger partial charge in [0.1, 0.15) is 6.17 Å². The summed E-state index contributed by atoms with van der Waals surface area (Å²) in [7, 11) is 1.49. The van der Waals surface area contributed by atoms with Gasteiger partial charge in [0.05, 0.1) is 5.56 Å². The molecule has 0 N–H and O–H groups in total. The fraction of sp³-hybridized carbons (Fsp3) is 0.562. The van der Waals surface area contributed by atoms with Crippen molar-refractivity contribution < 1.29 is 22.4 Å². The van der Waals surface area contributed by atoms with Crippen molar-refractivity contribution in [3.8, 4) is 0 Å². The van der Waals surface area contributed by atoms with Crippen LogP contribution in [0.5, 0.6) is 0 Å². The monoisotopic (exact) mass is 330 g/mol. The zero-order valence-corrected chi connectivity index (χ0v) is 13.0. The minimum atomic E-state index is -4.51. The summed E-state index contributed by atoms with van der Waals surface area (Å²) in [6.07, 6.45) is -5.07. The Morgan fingerprint density at radius 1 is 1.30 bits per heavy atom. The lowest BCUT2D eigenvalue weighted by Gasteiger charge is -2.25. The Morgan fingerprint density at radius 3 is 2.57 bits per heavy atom. The number of benzene rings is 1. The number of hydrogen-bond acceptors (Lipinski definition) is 2. The van der Waals surface area contributed by atoms with Gasteiger partial charge in [-0.05, 0) is 36.6 Å². The Morgan fingerprint density at radius 2 is 2.00 bits per heavy atom. The molecule has 126 valence electrons. The van der Waals surface area contributed by atoms with Gasteiger partial charge < -0.3 is 4.90 Å². The smallest absolute Gasteiger partial charge is 0.337 e. The van der Waals surface area contributed by atoms with Crippen molar-refractivity contribution in [3.05, 3.63) is 34.4 Å². The summed E-state index contributed by atoms with van der Waals surface area (Å²) in [5.74, 6) is -0.399. The molecule has 1 saturated heterocycles. The third kappa shape index (κ3) is 2.82. The molecule has 1 aromatic rings. The molecule has 0 spiro atoms. The molecule has 2 atom stereocenters. The summed E-state index contributed by atoms with van der Waals surface area (Å²) < 4.78 is 53.5. The summed E-state index contributed by atoms with van der Waals surface area (Å²) in [5.41, 5.74) is -0.203. The molecule has 2 unspecified atom stereocenters. The maximum atomic E-state index is 13.4. The van der Waals surface area contributed by atoms with Crippen LogP contribution in [0.2, 0.25) is 0 Å². The fourth-order valence-electron chi connectivity index (χ4n) is 3.37. The Labute approximate surface area is 131 Å². The molecule has 0 saturated carbocycles. The Kier molecular flexibility index (Phi) is 3.86. The van der Waals surface area contributed by atoms with Gasteiger partial charge in [-0.2, -0.15) is 13.2 Å². The fourth-order valence-corrected chi connectivity index (χ4v) is 3.37. The molecule has 0 bridgehead atoms. The predicted octanol–water partition coefficient (Wildman–Crippen LogP) is 3.40. The van der Waals surface area contributed by atoms with Crippen LogP contribution in [-0.4, -0.2) is 42.0 Å². The minimum Gasteiger partial charge on any atom is -0.337 e. The van der Waals surface area contributed by atoms with E-state index in [9.17, 15) is 22.4 Å². The van der Waals surface area contributed by atoms with Gasteiger partial charge >= 0.3 is 6.18 Å². The molecule has 3 nitrogen and oxygen atoms in total. The number of likely N-dealkylation sites (tertiary alicyclic amines) is 1. The number of carbonyl (C=O) groups is 1. The second-order valence-corrected chi connectivity index (χ2v) is 6.31. The number of alkyl halides is 4. The standard InChI is InChI=1S/C16H18F4N2O/c1-9(22-4-3-11(17)7-22)10-5-12-13(8-21(2)15(12)23)14(6-10)16(18,19)20/h5-6,9,11H,3-4,7-8H2,1-2H3. The molecule has 1 fully saturated rings. The molecule has 1 amide bonds. The molecule has 23 heavy (non-hydrogen) atoms. The first-order valence-corrected chi connectivity index (χ1v) is 7.56. The lowest BCUT2D eigenvalue weighted by atomic mass is 9.95. The van der Waals surface area contributed by atoms with Gasteiger partial charge in [0.25, 0.3) is 5.91 Å². The van der Waals surface area contributed by atoms with E-state index >= 15 is 0 Å². The molecule has 1 aromatic carbocycles. The van der Waals surface area contributed by atoms with Crippen LogP contribution < -0.4 is 0 Å². The van der Waals surface area contributed by atoms with Gasteiger partial charge in [-0.25, -0.2) is 4.39 Å².